The molecular formula is C22H26ClN3O2. The second-order valence-electron chi connectivity index (χ2n) is 7.84. The van der Waals surface area contributed by atoms with Crippen molar-refractivity contribution in [3.05, 3.63) is 58.1 Å². The number of nitrogens with zero attached hydrogens (tertiary/aromatic N) is 2. The molecule has 1 amide bonds. The van der Waals surface area contributed by atoms with E-state index in [9.17, 15) is 4.79 Å². The Hall–Kier alpha value is -2.53. The third kappa shape index (κ3) is 3.99. The average Bonchev–Trinajstić information content (AvgIpc) is 2.66. The molecule has 2 aromatic rings. The fraction of sp³-hybridized carbons (Fsp3) is 0.364. The zero-order valence-electron chi connectivity index (χ0n) is 16.9. The van der Waals surface area contributed by atoms with E-state index in [0.29, 0.717) is 22.3 Å². The second kappa shape index (κ2) is 7.84. The van der Waals surface area contributed by atoms with Crippen LogP contribution in [0.15, 0.2) is 41.5 Å². The van der Waals surface area contributed by atoms with Gasteiger partial charge in [0, 0.05) is 29.4 Å². The Morgan fingerprint density at radius 2 is 2.11 bits per heavy atom. The zero-order chi connectivity index (χ0) is 20.5. The van der Waals surface area contributed by atoms with Crippen LogP contribution in [-0.4, -0.2) is 31.8 Å². The minimum Gasteiger partial charge on any atom is -0.497 e. The van der Waals surface area contributed by atoms with Gasteiger partial charge in [0.05, 0.1) is 18.3 Å². The van der Waals surface area contributed by atoms with Crippen molar-refractivity contribution < 1.29 is 9.53 Å². The minimum absolute atomic E-state index is 0.0794. The molecule has 2 aromatic carbocycles. The maximum absolute atomic E-state index is 12.3. The Morgan fingerprint density at radius 1 is 1.36 bits per heavy atom. The number of hydrogen-bond acceptors (Lipinski definition) is 4. The molecule has 148 valence electrons. The molecule has 1 unspecified atom stereocenters. The standard InChI is InChI=1S/C22H26ClN3O2/c1-14-12-22(2,3)26(4)20-11-19(23)16(10-18(14)20)13-24-25-21(27)15-7-6-8-17(9-15)28-5/h6-11,13-14H,12H2,1-5H3,(H,25,27)/b24-13-. The summed E-state index contributed by atoms with van der Waals surface area (Å²) in [5, 5.41) is 4.70. The van der Waals surface area contributed by atoms with Crippen LogP contribution < -0.4 is 15.1 Å². The van der Waals surface area contributed by atoms with E-state index in [1.165, 1.54) is 5.56 Å². The van der Waals surface area contributed by atoms with Gasteiger partial charge in [-0.15, -0.1) is 0 Å². The van der Waals surface area contributed by atoms with E-state index >= 15 is 0 Å². The number of hydrogen-bond donors (Lipinski definition) is 1. The number of benzene rings is 2. The van der Waals surface area contributed by atoms with E-state index in [2.05, 4.69) is 49.3 Å². The van der Waals surface area contributed by atoms with Crippen LogP contribution in [-0.2, 0) is 0 Å². The lowest BCUT2D eigenvalue weighted by atomic mass is 9.80. The fourth-order valence-corrected chi connectivity index (χ4v) is 3.90. The first kappa shape index (κ1) is 20.2. The smallest absolute Gasteiger partial charge is 0.271 e. The number of fused-ring (bicyclic) bond motifs is 1. The van der Waals surface area contributed by atoms with Crippen LogP contribution in [0.1, 0.15) is 54.6 Å². The number of nitrogens with one attached hydrogen (secondary N) is 1. The number of halogens is 1. The molecule has 0 radical (unpaired) electrons. The highest BCUT2D eigenvalue weighted by Crippen LogP contribution is 2.44. The molecule has 3 rings (SSSR count). The Balaban J connectivity index is 1.79. The maximum atomic E-state index is 12.3. The lowest BCUT2D eigenvalue weighted by molar-refractivity contribution is 0.0955. The third-order valence-electron chi connectivity index (χ3n) is 5.45. The Labute approximate surface area is 171 Å². The summed E-state index contributed by atoms with van der Waals surface area (Å²) in [6, 6.07) is 11.0. The quantitative estimate of drug-likeness (QED) is 0.591. The number of carbonyl (C=O) groups is 1. The zero-order valence-corrected chi connectivity index (χ0v) is 17.7. The molecular weight excluding hydrogens is 374 g/mol. The maximum Gasteiger partial charge on any atom is 0.271 e. The summed E-state index contributed by atoms with van der Waals surface area (Å²) >= 11 is 6.49. The van der Waals surface area contributed by atoms with Crippen molar-refractivity contribution >= 4 is 29.4 Å². The molecule has 0 saturated heterocycles. The van der Waals surface area contributed by atoms with E-state index in [0.717, 1.165) is 17.7 Å². The van der Waals surface area contributed by atoms with E-state index in [1.807, 2.05) is 6.07 Å². The summed E-state index contributed by atoms with van der Waals surface area (Å²) < 4.78 is 5.14. The lowest BCUT2D eigenvalue weighted by Crippen LogP contribution is -2.45. The largest absolute Gasteiger partial charge is 0.497 e. The highest BCUT2D eigenvalue weighted by molar-refractivity contribution is 6.33. The highest BCUT2D eigenvalue weighted by atomic mass is 35.5. The number of methoxy groups -OCH3 is 1. The van der Waals surface area contributed by atoms with Crippen molar-refractivity contribution in [1.29, 1.82) is 0 Å². The van der Waals surface area contributed by atoms with E-state index < -0.39 is 0 Å². The minimum atomic E-state index is -0.306. The van der Waals surface area contributed by atoms with Crippen LogP contribution in [0, 0.1) is 0 Å². The van der Waals surface area contributed by atoms with Gasteiger partial charge in [0.1, 0.15) is 5.75 Å². The van der Waals surface area contributed by atoms with E-state index in [1.54, 1.807) is 37.6 Å². The summed E-state index contributed by atoms with van der Waals surface area (Å²) in [5.41, 5.74) is 6.27. The number of anilines is 1. The van der Waals surface area contributed by atoms with Crippen molar-refractivity contribution in [2.75, 3.05) is 19.1 Å². The molecule has 1 aliphatic heterocycles. The summed E-state index contributed by atoms with van der Waals surface area (Å²) in [6.07, 6.45) is 2.65. The van der Waals surface area contributed by atoms with E-state index in [4.69, 9.17) is 16.3 Å². The van der Waals surface area contributed by atoms with Gasteiger partial charge < -0.3 is 9.64 Å². The summed E-state index contributed by atoms with van der Waals surface area (Å²) in [6.45, 7) is 6.71. The van der Waals surface area contributed by atoms with Crippen LogP contribution in [0.5, 0.6) is 5.75 Å². The van der Waals surface area contributed by atoms with Crippen LogP contribution in [0.4, 0.5) is 5.69 Å². The molecule has 28 heavy (non-hydrogen) atoms. The van der Waals surface area contributed by atoms with Crippen molar-refractivity contribution in [2.45, 2.75) is 38.6 Å². The van der Waals surface area contributed by atoms with Gasteiger partial charge in [0.25, 0.3) is 5.91 Å². The highest BCUT2D eigenvalue weighted by Gasteiger charge is 2.34. The number of rotatable bonds is 4. The molecule has 0 aromatic heterocycles. The van der Waals surface area contributed by atoms with Crippen LogP contribution >= 0.6 is 11.6 Å². The van der Waals surface area contributed by atoms with Crippen molar-refractivity contribution in [2.24, 2.45) is 5.10 Å². The van der Waals surface area contributed by atoms with Crippen molar-refractivity contribution in [1.82, 2.24) is 5.43 Å². The number of amides is 1. The third-order valence-corrected chi connectivity index (χ3v) is 5.78. The molecule has 1 atom stereocenters. The number of carbonyl (C=O) groups excluding carboxylic acids is 1. The van der Waals surface area contributed by atoms with Crippen LogP contribution in [0.25, 0.3) is 0 Å². The normalized spacial score (nSPS) is 18.1. The molecule has 0 fully saturated rings. The number of ether oxygens (including phenoxy) is 1. The van der Waals surface area contributed by atoms with Gasteiger partial charge in [-0.25, -0.2) is 5.43 Å². The summed E-state index contributed by atoms with van der Waals surface area (Å²) in [4.78, 5) is 14.5. The SMILES string of the molecule is COc1cccc(C(=O)N/N=C\c2cc3c(cc2Cl)N(C)C(C)(C)CC3C)c1. The van der Waals surface area contributed by atoms with Crippen molar-refractivity contribution in [3.63, 3.8) is 0 Å². The first-order valence-corrected chi connectivity index (χ1v) is 9.65. The Bertz CT molecular complexity index is 924. The first-order chi connectivity index (χ1) is 13.2. The molecule has 1 aliphatic rings. The Morgan fingerprint density at radius 3 is 2.82 bits per heavy atom. The van der Waals surface area contributed by atoms with E-state index in [-0.39, 0.29) is 11.4 Å². The Kier molecular flexibility index (Phi) is 5.66. The molecule has 1 heterocycles. The molecule has 0 bridgehead atoms. The van der Waals surface area contributed by atoms with Crippen LogP contribution in [0.3, 0.4) is 0 Å². The molecule has 0 spiro atoms. The topological polar surface area (TPSA) is 53.9 Å². The van der Waals surface area contributed by atoms with Gasteiger partial charge in [0.15, 0.2) is 0 Å². The van der Waals surface area contributed by atoms with Gasteiger partial charge in [-0.2, -0.15) is 5.10 Å². The van der Waals surface area contributed by atoms with Gasteiger partial charge in [-0.1, -0.05) is 24.6 Å². The summed E-state index contributed by atoms with van der Waals surface area (Å²) in [5.74, 6) is 0.728. The molecule has 5 nitrogen and oxygen atoms in total. The fourth-order valence-electron chi connectivity index (χ4n) is 3.69. The second-order valence-corrected chi connectivity index (χ2v) is 8.25. The summed E-state index contributed by atoms with van der Waals surface area (Å²) in [7, 11) is 3.66. The van der Waals surface area contributed by atoms with Crippen LogP contribution in [0.2, 0.25) is 5.02 Å². The molecule has 6 heteroatoms. The van der Waals surface area contributed by atoms with Crippen molar-refractivity contribution in [3.8, 4) is 5.75 Å². The number of hydrazone groups is 1. The molecule has 1 N–H and O–H groups in total. The van der Waals surface area contributed by atoms with Gasteiger partial charge >= 0.3 is 0 Å². The molecule has 0 saturated carbocycles. The predicted molar refractivity (Wildman–Crippen MR) is 115 cm³/mol. The van der Waals surface area contributed by atoms with Gasteiger partial charge in [-0.3, -0.25) is 4.79 Å². The monoisotopic (exact) mass is 399 g/mol. The molecule has 0 aliphatic carbocycles. The predicted octanol–water partition coefficient (Wildman–Crippen LogP) is 4.83. The van der Waals surface area contributed by atoms with Gasteiger partial charge in [0.2, 0.25) is 0 Å². The average molecular weight is 400 g/mol. The lowest BCUT2D eigenvalue weighted by Gasteiger charge is -2.45. The first-order valence-electron chi connectivity index (χ1n) is 9.27. The van der Waals surface area contributed by atoms with Gasteiger partial charge in [-0.05, 0) is 62.1 Å².